The summed E-state index contributed by atoms with van der Waals surface area (Å²) < 4.78 is 60.3. The van der Waals surface area contributed by atoms with Crippen molar-refractivity contribution in [3.8, 4) is 0 Å². The first-order valence-corrected chi connectivity index (χ1v) is 2.88. The molecular formula is C5H2F5N3. The summed E-state index contributed by atoms with van der Waals surface area (Å²) in [6.07, 6.45) is -6.80. The third-order valence-corrected chi connectivity index (χ3v) is 1.12. The van der Waals surface area contributed by atoms with Crippen LogP contribution in [-0.2, 0) is 6.18 Å². The number of aromatic nitrogens is 2. The Labute approximate surface area is 68.4 Å². The zero-order chi connectivity index (χ0) is 10.2. The summed E-state index contributed by atoms with van der Waals surface area (Å²) in [4.78, 5) is 4.82. The lowest BCUT2D eigenvalue weighted by Gasteiger charge is -2.06. The molecule has 8 heteroatoms. The summed E-state index contributed by atoms with van der Waals surface area (Å²) in [5.74, 6) is -3.03. The summed E-state index contributed by atoms with van der Waals surface area (Å²) in [5, 5.41) is 0. The van der Waals surface area contributed by atoms with Crippen molar-refractivity contribution >= 4 is 5.82 Å². The molecule has 0 saturated carbocycles. The second-order valence-electron chi connectivity index (χ2n) is 2.04. The van der Waals surface area contributed by atoms with Crippen molar-refractivity contribution in [3.63, 3.8) is 0 Å². The Balaban J connectivity index is 3.37. The van der Waals surface area contributed by atoms with Crippen LogP contribution in [0, 0.1) is 11.9 Å². The number of hydrogen-bond acceptors (Lipinski definition) is 3. The molecule has 0 aromatic carbocycles. The number of nitrogens with zero attached hydrogens (tertiary/aromatic N) is 2. The Morgan fingerprint density at radius 2 is 1.62 bits per heavy atom. The highest BCUT2D eigenvalue weighted by Gasteiger charge is 2.38. The van der Waals surface area contributed by atoms with Gasteiger partial charge in [-0.05, 0) is 0 Å². The molecular weight excluding hydrogens is 197 g/mol. The second-order valence-corrected chi connectivity index (χ2v) is 2.04. The number of nitrogen functional groups attached to an aromatic ring is 1. The van der Waals surface area contributed by atoms with Crippen molar-refractivity contribution in [3.05, 3.63) is 17.6 Å². The smallest absolute Gasteiger partial charge is 0.381 e. The van der Waals surface area contributed by atoms with Crippen molar-refractivity contribution in [2.75, 3.05) is 5.73 Å². The van der Waals surface area contributed by atoms with Crippen molar-refractivity contribution in [1.82, 2.24) is 9.97 Å². The molecule has 1 heterocycles. The Morgan fingerprint density at radius 1 is 1.08 bits per heavy atom. The summed E-state index contributed by atoms with van der Waals surface area (Å²) in [6.45, 7) is 0. The third kappa shape index (κ3) is 1.82. The minimum Gasteiger partial charge on any atom is -0.381 e. The minimum absolute atomic E-state index is 1.17. The van der Waals surface area contributed by atoms with E-state index in [9.17, 15) is 22.0 Å². The number of alkyl halides is 3. The van der Waals surface area contributed by atoms with Crippen LogP contribution < -0.4 is 5.73 Å². The molecule has 72 valence electrons. The van der Waals surface area contributed by atoms with Gasteiger partial charge in [0.25, 0.3) is 0 Å². The Hall–Kier alpha value is -1.47. The molecule has 2 N–H and O–H groups in total. The standard InChI is InChI=1S/C5H2F5N3/c6-1-2(5(8,9)10)12-4(7)13-3(1)11/h(H2,11,12,13). The minimum atomic E-state index is -5.08. The van der Waals surface area contributed by atoms with E-state index in [1.54, 1.807) is 0 Å². The molecule has 1 aromatic heterocycles. The molecule has 0 radical (unpaired) electrons. The quantitative estimate of drug-likeness (QED) is 0.506. The molecule has 0 aliphatic carbocycles. The molecule has 0 fully saturated rings. The highest BCUT2D eigenvalue weighted by molar-refractivity contribution is 5.32. The van der Waals surface area contributed by atoms with Crippen molar-refractivity contribution in [1.29, 1.82) is 0 Å². The van der Waals surface area contributed by atoms with Gasteiger partial charge >= 0.3 is 12.3 Å². The van der Waals surface area contributed by atoms with Gasteiger partial charge in [0.1, 0.15) is 0 Å². The van der Waals surface area contributed by atoms with Gasteiger partial charge in [-0.3, -0.25) is 0 Å². The highest BCUT2D eigenvalue weighted by Crippen LogP contribution is 2.30. The molecule has 0 atom stereocenters. The van der Waals surface area contributed by atoms with Crippen molar-refractivity contribution in [2.45, 2.75) is 6.18 Å². The molecule has 1 aromatic rings. The van der Waals surface area contributed by atoms with E-state index in [1.165, 1.54) is 0 Å². The molecule has 0 aliphatic rings. The second kappa shape index (κ2) is 2.79. The molecule has 0 bridgehead atoms. The first-order chi connectivity index (χ1) is 5.82. The van der Waals surface area contributed by atoms with Gasteiger partial charge in [-0.15, -0.1) is 0 Å². The van der Waals surface area contributed by atoms with Crippen LogP contribution >= 0.6 is 0 Å². The van der Waals surface area contributed by atoms with Crippen molar-refractivity contribution in [2.24, 2.45) is 0 Å². The lowest BCUT2D eigenvalue weighted by molar-refractivity contribution is -0.144. The molecule has 3 nitrogen and oxygen atoms in total. The molecule has 0 saturated heterocycles. The number of anilines is 1. The van der Waals surface area contributed by atoms with Crippen molar-refractivity contribution < 1.29 is 22.0 Å². The van der Waals surface area contributed by atoms with E-state index < -0.39 is 29.6 Å². The van der Waals surface area contributed by atoms with Gasteiger partial charge in [-0.2, -0.15) is 27.5 Å². The normalized spacial score (nSPS) is 11.8. The molecule has 0 amide bonds. The first-order valence-electron chi connectivity index (χ1n) is 2.88. The average Bonchev–Trinajstić information content (AvgIpc) is 1.94. The van der Waals surface area contributed by atoms with Crippen LogP contribution in [0.25, 0.3) is 0 Å². The Kier molecular flexibility index (Phi) is 2.06. The fourth-order valence-electron chi connectivity index (χ4n) is 0.624. The van der Waals surface area contributed by atoms with Crippen LogP contribution in [0.1, 0.15) is 5.69 Å². The maximum Gasteiger partial charge on any atom is 0.436 e. The van der Waals surface area contributed by atoms with Gasteiger partial charge in [-0.25, -0.2) is 4.39 Å². The lowest BCUT2D eigenvalue weighted by Crippen LogP contribution is -2.15. The van der Waals surface area contributed by atoms with Crippen LogP contribution in [0.3, 0.4) is 0 Å². The molecule has 0 unspecified atom stereocenters. The van der Waals surface area contributed by atoms with Crippen LogP contribution in [0.15, 0.2) is 0 Å². The van der Waals surface area contributed by atoms with E-state index in [0.717, 1.165) is 0 Å². The largest absolute Gasteiger partial charge is 0.436 e. The predicted molar refractivity (Wildman–Crippen MR) is 31.4 cm³/mol. The summed E-state index contributed by atoms with van der Waals surface area (Å²) in [7, 11) is 0. The van der Waals surface area contributed by atoms with Crippen LogP contribution in [0.4, 0.5) is 27.8 Å². The molecule has 0 spiro atoms. The molecule has 1 rings (SSSR count). The monoisotopic (exact) mass is 199 g/mol. The Bertz CT molecular complexity index is 334. The number of nitrogens with two attached hydrogens (primary N) is 1. The van der Waals surface area contributed by atoms with Gasteiger partial charge in [0.05, 0.1) is 0 Å². The zero-order valence-electron chi connectivity index (χ0n) is 5.86. The van der Waals surface area contributed by atoms with Crippen LogP contribution in [0.5, 0.6) is 0 Å². The average molecular weight is 199 g/mol. The van der Waals surface area contributed by atoms with Gasteiger partial charge < -0.3 is 5.73 Å². The summed E-state index contributed by atoms with van der Waals surface area (Å²) in [5.41, 5.74) is 2.65. The number of hydrogen-bond donors (Lipinski definition) is 1. The predicted octanol–water partition coefficient (Wildman–Crippen LogP) is 1.36. The van der Waals surface area contributed by atoms with Crippen LogP contribution in [0.2, 0.25) is 0 Å². The van der Waals surface area contributed by atoms with E-state index >= 15 is 0 Å². The van der Waals surface area contributed by atoms with E-state index in [0.29, 0.717) is 0 Å². The molecule has 0 aliphatic heterocycles. The first kappa shape index (κ1) is 9.62. The van der Waals surface area contributed by atoms with Gasteiger partial charge in [-0.1, -0.05) is 0 Å². The Morgan fingerprint density at radius 3 is 2.08 bits per heavy atom. The van der Waals surface area contributed by atoms with Gasteiger partial charge in [0, 0.05) is 0 Å². The van der Waals surface area contributed by atoms with Crippen LogP contribution in [-0.4, -0.2) is 9.97 Å². The lowest BCUT2D eigenvalue weighted by atomic mass is 10.3. The summed E-state index contributed by atoms with van der Waals surface area (Å²) >= 11 is 0. The topological polar surface area (TPSA) is 51.8 Å². The zero-order valence-corrected chi connectivity index (χ0v) is 5.86. The maximum absolute atomic E-state index is 12.5. The van der Waals surface area contributed by atoms with Gasteiger partial charge in [0.15, 0.2) is 17.3 Å². The fraction of sp³-hybridized carbons (Fsp3) is 0.200. The number of halogens is 5. The molecule has 13 heavy (non-hydrogen) atoms. The van der Waals surface area contributed by atoms with E-state index in [-0.39, 0.29) is 0 Å². The third-order valence-electron chi connectivity index (χ3n) is 1.12. The summed E-state index contributed by atoms with van der Waals surface area (Å²) in [6, 6.07) is 0. The number of rotatable bonds is 0. The van der Waals surface area contributed by atoms with E-state index in [1.807, 2.05) is 0 Å². The highest BCUT2D eigenvalue weighted by atomic mass is 19.4. The SMILES string of the molecule is Nc1nc(F)nc(C(F)(F)F)c1F. The van der Waals surface area contributed by atoms with E-state index in [2.05, 4.69) is 15.7 Å². The maximum atomic E-state index is 12.5. The van der Waals surface area contributed by atoms with E-state index in [4.69, 9.17) is 0 Å². The van der Waals surface area contributed by atoms with Gasteiger partial charge in [0.2, 0.25) is 0 Å². The fourth-order valence-corrected chi connectivity index (χ4v) is 0.624.